The van der Waals surface area contributed by atoms with Crippen LogP contribution >= 0.6 is 12.2 Å². The monoisotopic (exact) mass is 200 g/mol. The van der Waals surface area contributed by atoms with Gasteiger partial charge >= 0.3 is 0 Å². The third-order valence-corrected chi connectivity index (χ3v) is 3.12. The van der Waals surface area contributed by atoms with Gasteiger partial charge in [0.25, 0.3) is 0 Å². The lowest BCUT2D eigenvalue weighted by Gasteiger charge is -2.29. The molecule has 1 aliphatic carbocycles. The molecule has 2 nitrogen and oxygen atoms in total. The zero-order valence-electron chi connectivity index (χ0n) is 8.84. The highest BCUT2D eigenvalue weighted by molar-refractivity contribution is 7.80. The molecule has 1 fully saturated rings. The van der Waals surface area contributed by atoms with Crippen molar-refractivity contribution in [3.63, 3.8) is 0 Å². The summed E-state index contributed by atoms with van der Waals surface area (Å²) in [5, 5.41) is 4.29. The maximum atomic E-state index is 5.32. The maximum absolute atomic E-state index is 5.32. The molecule has 1 saturated carbocycles. The van der Waals surface area contributed by atoms with Crippen molar-refractivity contribution >= 4 is 17.3 Å². The molecule has 0 aromatic rings. The zero-order valence-corrected chi connectivity index (χ0v) is 9.66. The number of nitrogens with zero attached hydrogens (tertiary/aromatic N) is 1. The number of rotatable bonds is 4. The molecule has 0 aromatic heterocycles. The van der Waals surface area contributed by atoms with Gasteiger partial charge in [-0.05, 0) is 37.9 Å². The highest BCUT2D eigenvalue weighted by atomic mass is 32.1. The van der Waals surface area contributed by atoms with Crippen molar-refractivity contribution in [1.82, 2.24) is 10.2 Å². The number of hydrogen-bond acceptors (Lipinski definition) is 1. The smallest absolute Gasteiger partial charge is 0.169 e. The predicted octanol–water partition coefficient (Wildman–Crippen LogP) is 2.14. The molecule has 0 aromatic carbocycles. The molecule has 76 valence electrons. The van der Waals surface area contributed by atoms with Crippen LogP contribution in [0.3, 0.4) is 0 Å². The summed E-state index contributed by atoms with van der Waals surface area (Å²) in [5.41, 5.74) is 0. The molecule has 0 unspecified atom stereocenters. The van der Waals surface area contributed by atoms with E-state index >= 15 is 0 Å². The Morgan fingerprint density at radius 3 is 2.38 bits per heavy atom. The summed E-state index contributed by atoms with van der Waals surface area (Å²) in [7, 11) is 2.09. The standard InChI is InChI=1S/C10H20N2S/c1-4-9(5-2)12(3)10(13)11-8-6-7-8/h8-9H,4-7H2,1-3H3,(H,11,13). The van der Waals surface area contributed by atoms with Gasteiger partial charge in [-0.1, -0.05) is 13.8 Å². The Kier molecular flexibility index (Phi) is 3.97. The molecule has 1 N–H and O–H groups in total. The quantitative estimate of drug-likeness (QED) is 0.700. The molecule has 0 bridgehead atoms. The van der Waals surface area contributed by atoms with Gasteiger partial charge in [0.05, 0.1) is 0 Å². The van der Waals surface area contributed by atoms with E-state index in [9.17, 15) is 0 Å². The molecule has 1 aliphatic rings. The summed E-state index contributed by atoms with van der Waals surface area (Å²) in [6, 6.07) is 1.27. The highest BCUT2D eigenvalue weighted by Crippen LogP contribution is 2.19. The average Bonchev–Trinajstić information content (AvgIpc) is 2.90. The lowest BCUT2D eigenvalue weighted by Crippen LogP contribution is -2.43. The highest BCUT2D eigenvalue weighted by Gasteiger charge is 2.24. The molecule has 0 saturated heterocycles. The second kappa shape index (κ2) is 4.80. The fourth-order valence-corrected chi connectivity index (χ4v) is 1.82. The topological polar surface area (TPSA) is 15.3 Å². The van der Waals surface area contributed by atoms with Crippen LogP contribution in [0.5, 0.6) is 0 Å². The van der Waals surface area contributed by atoms with Crippen LogP contribution in [0.2, 0.25) is 0 Å². The molecule has 1 rings (SSSR count). The number of nitrogens with one attached hydrogen (secondary N) is 1. The van der Waals surface area contributed by atoms with E-state index in [2.05, 4.69) is 31.1 Å². The van der Waals surface area contributed by atoms with E-state index in [1.807, 2.05) is 0 Å². The molecular formula is C10H20N2S. The third-order valence-electron chi connectivity index (χ3n) is 2.72. The van der Waals surface area contributed by atoms with Gasteiger partial charge in [-0.15, -0.1) is 0 Å². The largest absolute Gasteiger partial charge is 0.360 e. The Labute approximate surface area is 86.7 Å². The first-order chi connectivity index (χ1) is 6.19. The van der Waals surface area contributed by atoms with E-state index < -0.39 is 0 Å². The van der Waals surface area contributed by atoms with Gasteiger partial charge in [0.15, 0.2) is 5.11 Å². The van der Waals surface area contributed by atoms with Crippen molar-refractivity contribution in [3.05, 3.63) is 0 Å². The lowest BCUT2D eigenvalue weighted by molar-refractivity contribution is 0.341. The van der Waals surface area contributed by atoms with Crippen LogP contribution in [0.15, 0.2) is 0 Å². The summed E-state index contributed by atoms with van der Waals surface area (Å²) in [5.74, 6) is 0. The van der Waals surface area contributed by atoms with Crippen molar-refractivity contribution in [2.45, 2.75) is 51.6 Å². The molecule has 13 heavy (non-hydrogen) atoms. The average molecular weight is 200 g/mol. The summed E-state index contributed by atoms with van der Waals surface area (Å²) < 4.78 is 0. The summed E-state index contributed by atoms with van der Waals surface area (Å²) in [4.78, 5) is 2.20. The van der Waals surface area contributed by atoms with Crippen LogP contribution < -0.4 is 5.32 Å². The SMILES string of the molecule is CCC(CC)N(C)C(=S)NC1CC1. The normalized spacial score (nSPS) is 16.0. The fourth-order valence-electron chi connectivity index (χ4n) is 1.51. The molecule has 0 aliphatic heterocycles. The second-order valence-electron chi connectivity index (χ2n) is 3.80. The van der Waals surface area contributed by atoms with Crippen LogP contribution in [0.4, 0.5) is 0 Å². The van der Waals surface area contributed by atoms with E-state index in [4.69, 9.17) is 12.2 Å². The minimum Gasteiger partial charge on any atom is -0.360 e. The van der Waals surface area contributed by atoms with Gasteiger partial charge < -0.3 is 10.2 Å². The Balaban J connectivity index is 2.33. The van der Waals surface area contributed by atoms with Crippen LogP contribution in [0.1, 0.15) is 39.5 Å². The summed E-state index contributed by atoms with van der Waals surface area (Å²) >= 11 is 5.32. The molecule has 3 heteroatoms. The van der Waals surface area contributed by atoms with Gasteiger partial charge in [-0.2, -0.15) is 0 Å². The van der Waals surface area contributed by atoms with E-state index in [1.54, 1.807) is 0 Å². The van der Waals surface area contributed by atoms with Crippen molar-refractivity contribution in [2.75, 3.05) is 7.05 Å². The molecule has 0 spiro atoms. The van der Waals surface area contributed by atoms with Crippen LogP contribution in [-0.4, -0.2) is 29.1 Å². The molecule has 0 atom stereocenters. The Bertz CT molecular complexity index is 174. The van der Waals surface area contributed by atoms with Crippen LogP contribution in [0, 0.1) is 0 Å². The first-order valence-electron chi connectivity index (χ1n) is 5.22. The minimum atomic E-state index is 0.596. The van der Waals surface area contributed by atoms with E-state index in [0.29, 0.717) is 12.1 Å². The van der Waals surface area contributed by atoms with E-state index in [1.165, 1.54) is 25.7 Å². The first-order valence-corrected chi connectivity index (χ1v) is 5.63. The van der Waals surface area contributed by atoms with Crippen LogP contribution in [0.25, 0.3) is 0 Å². The Hall–Kier alpha value is -0.310. The van der Waals surface area contributed by atoms with Gasteiger partial charge in [-0.25, -0.2) is 0 Å². The zero-order chi connectivity index (χ0) is 9.84. The Morgan fingerprint density at radius 1 is 1.46 bits per heavy atom. The lowest BCUT2D eigenvalue weighted by atomic mass is 10.1. The van der Waals surface area contributed by atoms with Crippen molar-refractivity contribution in [1.29, 1.82) is 0 Å². The Morgan fingerprint density at radius 2 is 2.00 bits per heavy atom. The molecule has 0 radical (unpaired) electrons. The molecule has 0 amide bonds. The summed E-state index contributed by atoms with van der Waals surface area (Å²) in [6.45, 7) is 4.43. The van der Waals surface area contributed by atoms with Crippen LogP contribution in [-0.2, 0) is 0 Å². The maximum Gasteiger partial charge on any atom is 0.169 e. The molecule has 0 heterocycles. The predicted molar refractivity (Wildman–Crippen MR) is 60.9 cm³/mol. The second-order valence-corrected chi connectivity index (χ2v) is 4.19. The van der Waals surface area contributed by atoms with Gasteiger partial charge in [-0.3, -0.25) is 0 Å². The van der Waals surface area contributed by atoms with E-state index in [0.717, 1.165) is 5.11 Å². The number of thiocarbonyl (C=S) groups is 1. The van der Waals surface area contributed by atoms with Crippen molar-refractivity contribution in [2.24, 2.45) is 0 Å². The minimum absolute atomic E-state index is 0.596. The van der Waals surface area contributed by atoms with Gasteiger partial charge in [0.2, 0.25) is 0 Å². The van der Waals surface area contributed by atoms with Gasteiger partial charge in [0.1, 0.15) is 0 Å². The number of hydrogen-bond donors (Lipinski definition) is 1. The van der Waals surface area contributed by atoms with E-state index in [-0.39, 0.29) is 0 Å². The third kappa shape index (κ3) is 3.14. The van der Waals surface area contributed by atoms with Crippen molar-refractivity contribution < 1.29 is 0 Å². The first kappa shape index (κ1) is 10.8. The fraction of sp³-hybridized carbons (Fsp3) is 0.900. The summed E-state index contributed by atoms with van der Waals surface area (Å²) in [6.07, 6.45) is 4.91. The van der Waals surface area contributed by atoms with Gasteiger partial charge in [0, 0.05) is 19.1 Å². The van der Waals surface area contributed by atoms with Crippen molar-refractivity contribution in [3.8, 4) is 0 Å². The molecular weight excluding hydrogens is 180 g/mol.